The number of benzene rings is 2. The molecule has 11 heteroatoms. The Morgan fingerprint density at radius 3 is 2.36 bits per heavy atom. The zero-order valence-electron chi connectivity index (χ0n) is 17.9. The predicted molar refractivity (Wildman–Crippen MR) is 119 cm³/mol. The number of imide groups is 1. The summed E-state index contributed by atoms with van der Waals surface area (Å²) in [6.07, 6.45) is 0.0997. The van der Waals surface area contributed by atoms with E-state index >= 15 is 0 Å². The average molecular weight is 474 g/mol. The van der Waals surface area contributed by atoms with Gasteiger partial charge in [-0.25, -0.2) is 13.3 Å². The Balaban J connectivity index is 1.67. The van der Waals surface area contributed by atoms with E-state index in [4.69, 9.17) is 9.47 Å². The lowest BCUT2D eigenvalue weighted by atomic mass is 10.1. The summed E-state index contributed by atoms with van der Waals surface area (Å²) < 4.78 is 39.4. The molecule has 0 aliphatic carbocycles. The smallest absolute Gasteiger partial charge is 0.261 e. The van der Waals surface area contributed by atoms with Crippen LogP contribution < -0.4 is 14.4 Å². The molecule has 33 heavy (non-hydrogen) atoms. The van der Waals surface area contributed by atoms with E-state index in [0.29, 0.717) is 26.3 Å². The maximum atomic E-state index is 13.2. The molecule has 1 N–H and O–H groups in total. The molecular formula is C22H23N3O7S. The maximum Gasteiger partial charge on any atom is 0.261 e. The number of methoxy groups -OCH3 is 1. The van der Waals surface area contributed by atoms with Crippen molar-refractivity contribution in [3.05, 3.63) is 48.0 Å². The average Bonchev–Trinajstić information content (AvgIpc) is 3.16. The molecule has 0 aromatic heterocycles. The normalized spacial score (nSPS) is 16.8. The predicted octanol–water partition coefficient (Wildman–Crippen LogP) is 1.62. The van der Waals surface area contributed by atoms with Gasteiger partial charge in [0.1, 0.15) is 5.75 Å². The standard InChI is InChI=1S/C22H23N3O7S/c1-31-19-7-6-15(14-18(19)25-20(26)8-9-21(25)27)33(29,30)23-17-5-3-2-4-16(17)22(28)24-10-12-32-13-11-24/h2-7,14,23H,8-13H2,1H3. The highest BCUT2D eigenvalue weighted by Gasteiger charge is 2.33. The molecule has 0 atom stereocenters. The molecule has 2 aromatic rings. The highest BCUT2D eigenvalue weighted by atomic mass is 32.2. The van der Waals surface area contributed by atoms with Gasteiger partial charge in [0, 0.05) is 25.9 Å². The van der Waals surface area contributed by atoms with Crippen LogP contribution in [0.2, 0.25) is 0 Å². The summed E-state index contributed by atoms with van der Waals surface area (Å²) in [7, 11) is -2.80. The molecule has 2 saturated heterocycles. The summed E-state index contributed by atoms with van der Waals surface area (Å²) >= 11 is 0. The van der Waals surface area contributed by atoms with Gasteiger partial charge in [0.05, 0.1) is 42.2 Å². The third-order valence-electron chi connectivity index (χ3n) is 5.45. The number of ether oxygens (including phenoxy) is 2. The van der Waals surface area contributed by atoms with Crippen molar-refractivity contribution in [3.8, 4) is 5.75 Å². The van der Waals surface area contributed by atoms with Gasteiger partial charge >= 0.3 is 0 Å². The largest absolute Gasteiger partial charge is 0.495 e. The Hall–Kier alpha value is -3.44. The maximum absolute atomic E-state index is 13.2. The van der Waals surface area contributed by atoms with Crippen LogP contribution in [-0.4, -0.2) is 64.5 Å². The Morgan fingerprint density at radius 1 is 1.03 bits per heavy atom. The quantitative estimate of drug-likeness (QED) is 0.633. The Morgan fingerprint density at radius 2 is 1.70 bits per heavy atom. The lowest BCUT2D eigenvalue weighted by Gasteiger charge is -2.27. The molecule has 2 aliphatic heterocycles. The molecule has 2 heterocycles. The molecule has 0 spiro atoms. The second-order valence-electron chi connectivity index (χ2n) is 7.51. The molecule has 174 valence electrons. The Kier molecular flexibility index (Phi) is 6.34. The fourth-order valence-corrected chi connectivity index (χ4v) is 4.86. The van der Waals surface area contributed by atoms with E-state index in [0.717, 1.165) is 4.90 Å². The van der Waals surface area contributed by atoms with Crippen LogP contribution in [0.1, 0.15) is 23.2 Å². The molecule has 0 saturated carbocycles. The van der Waals surface area contributed by atoms with Crippen molar-refractivity contribution in [2.24, 2.45) is 0 Å². The van der Waals surface area contributed by atoms with Crippen LogP contribution >= 0.6 is 0 Å². The van der Waals surface area contributed by atoms with Crippen LogP contribution in [0.4, 0.5) is 11.4 Å². The van der Waals surface area contributed by atoms with E-state index in [-0.39, 0.29) is 46.3 Å². The lowest BCUT2D eigenvalue weighted by Crippen LogP contribution is -2.41. The molecule has 3 amide bonds. The Labute approximate surface area is 191 Å². The van der Waals surface area contributed by atoms with Gasteiger partial charge in [-0.2, -0.15) is 0 Å². The first-order valence-corrected chi connectivity index (χ1v) is 11.8. The van der Waals surface area contributed by atoms with Gasteiger partial charge in [-0.05, 0) is 30.3 Å². The van der Waals surface area contributed by atoms with Crippen LogP contribution in [0.3, 0.4) is 0 Å². The number of amides is 3. The number of para-hydroxylation sites is 1. The van der Waals surface area contributed by atoms with Crippen molar-refractivity contribution in [3.63, 3.8) is 0 Å². The van der Waals surface area contributed by atoms with Crippen molar-refractivity contribution in [2.45, 2.75) is 17.7 Å². The monoisotopic (exact) mass is 473 g/mol. The van der Waals surface area contributed by atoms with Gasteiger partial charge in [0.15, 0.2) is 0 Å². The highest BCUT2D eigenvalue weighted by Crippen LogP contribution is 2.35. The number of nitrogens with zero attached hydrogens (tertiary/aromatic N) is 2. The van der Waals surface area contributed by atoms with Gasteiger partial charge in [0.25, 0.3) is 15.9 Å². The molecule has 2 aliphatic rings. The summed E-state index contributed by atoms with van der Waals surface area (Å²) in [6.45, 7) is 1.67. The zero-order chi connectivity index (χ0) is 23.6. The van der Waals surface area contributed by atoms with Crippen LogP contribution in [0.25, 0.3) is 0 Å². The van der Waals surface area contributed by atoms with Gasteiger partial charge < -0.3 is 14.4 Å². The Bertz CT molecular complexity index is 1190. The summed E-state index contributed by atoms with van der Waals surface area (Å²) in [5.41, 5.74) is 0.395. The number of anilines is 2. The van der Waals surface area contributed by atoms with E-state index in [2.05, 4.69) is 4.72 Å². The lowest BCUT2D eigenvalue weighted by molar-refractivity contribution is -0.121. The second-order valence-corrected chi connectivity index (χ2v) is 9.19. The molecule has 2 fully saturated rings. The van der Waals surface area contributed by atoms with E-state index in [1.54, 1.807) is 23.1 Å². The van der Waals surface area contributed by atoms with E-state index in [1.165, 1.54) is 31.4 Å². The number of hydrogen-bond acceptors (Lipinski definition) is 7. The molecule has 0 bridgehead atoms. The minimum atomic E-state index is -4.16. The van der Waals surface area contributed by atoms with E-state index < -0.39 is 21.8 Å². The number of morpholine rings is 1. The third kappa shape index (κ3) is 4.55. The number of carbonyl (C=O) groups excluding carboxylic acids is 3. The molecular weight excluding hydrogens is 450 g/mol. The van der Waals surface area contributed by atoms with Crippen molar-refractivity contribution in [1.82, 2.24) is 4.90 Å². The molecule has 4 rings (SSSR count). The van der Waals surface area contributed by atoms with Crippen molar-refractivity contribution in [2.75, 3.05) is 43.0 Å². The van der Waals surface area contributed by atoms with Crippen LogP contribution in [-0.2, 0) is 24.3 Å². The van der Waals surface area contributed by atoms with Crippen LogP contribution in [0.15, 0.2) is 47.4 Å². The van der Waals surface area contributed by atoms with Crippen LogP contribution in [0, 0.1) is 0 Å². The molecule has 0 unspecified atom stereocenters. The molecule has 2 aromatic carbocycles. The first-order chi connectivity index (χ1) is 15.8. The number of carbonyl (C=O) groups is 3. The highest BCUT2D eigenvalue weighted by molar-refractivity contribution is 7.92. The SMILES string of the molecule is COc1ccc(S(=O)(=O)Nc2ccccc2C(=O)N2CCOCC2)cc1N1C(=O)CCC1=O. The second kappa shape index (κ2) is 9.20. The topological polar surface area (TPSA) is 122 Å². The summed E-state index contributed by atoms with van der Waals surface area (Å²) in [4.78, 5) is 39.7. The number of hydrogen-bond donors (Lipinski definition) is 1. The van der Waals surface area contributed by atoms with Gasteiger partial charge in [-0.15, -0.1) is 0 Å². The minimum absolute atomic E-state index is 0.0498. The zero-order valence-corrected chi connectivity index (χ0v) is 18.8. The number of rotatable bonds is 6. The fraction of sp³-hybridized carbons (Fsp3) is 0.318. The van der Waals surface area contributed by atoms with Crippen molar-refractivity contribution < 1.29 is 32.3 Å². The molecule has 10 nitrogen and oxygen atoms in total. The number of sulfonamides is 1. The van der Waals surface area contributed by atoms with Crippen LogP contribution in [0.5, 0.6) is 5.75 Å². The minimum Gasteiger partial charge on any atom is -0.495 e. The van der Waals surface area contributed by atoms with Crippen molar-refractivity contribution in [1.29, 1.82) is 0 Å². The first kappa shape index (κ1) is 22.7. The summed E-state index contributed by atoms with van der Waals surface area (Å²) in [6, 6.07) is 10.2. The molecule has 0 radical (unpaired) electrons. The first-order valence-electron chi connectivity index (χ1n) is 10.3. The summed E-state index contributed by atoms with van der Waals surface area (Å²) in [5.74, 6) is -0.967. The van der Waals surface area contributed by atoms with E-state index in [9.17, 15) is 22.8 Å². The number of nitrogens with one attached hydrogen (secondary N) is 1. The summed E-state index contributed by atoms with van der Waals surface area (Å²) in [5, 5.41) is 0. The van der Waals surface area contributed by atoms with E-state index in [1.807, 2.05) is 0 Å². The third-order valence-corrected chi connectivity index (χ3v) is 6.82. The van der Waals surface area contributed by atoms with Gasteiger partial charge in [0.2, 0.25) is 11.8 Å². The fourth-order valence-electron chi connectivity index (χ4n) is 3.76. The van der Waals surface area contributed by atoms with Gasteiger partial charge in [-0.1, -0.05) is 12.1 Å². The van der Waals surface area contributed by atoms with Gasteiger partial charge in [-0.3, -0.25) is 19.1 Å². The van der Waals surface area contributed by atoms with Crippen molar-refractivity contribution >= 4 is 39.1 Å².